The molecule has 242 valence electrons. The van der Waals surface area contributed by atoms with Gasteiger partial charge in [0.2, 0.25) is 0 Å². The molecule has 50 heavy (non-hydrogen) atoms. The predicted molar refractivity (Wildman–Crippen MR) is 208 cm³/mol. The first-order valence-electron chi connectivity index (χ1n) is 16.3. The van der Waals surface area contributed by atoms with Gasteiger partial charge in [-0.3, -0.25) is 4.98 Å². The quantitative estimate of drug-likeness (QED) is 0.123. The minimum Gasteiger partial charge on any atom is -0.663 e. The molecule has 4 aromatic heterocycles. The number of benzene rings is 5. The van der Waals surface area contributed by atoms with Gasteiger partial charge in [-0.1, -0.05) is 97.8 Å². The summed E-state index contributed by atoms with van der Waals surface area (Å²) in [6.45, 7) is 4.36. The molecular formula is C45H29AuN2S2. The van der Waals surface area contributed by atoms with E-state index in [2.05, 4.69) is 145 Å². The Bertz CT molecular complexity index is 2550. The standard InChI is InChI=1S/C45H29N2S2.Au/c1-28-20-29(2)37(27-36(28)33-21-32(30-10-4-3-5-11-30)22-34(23-33)41-12-6-7-17-46-41)39-25-35(44-14-9-19-49-44)26-40-38-24-31(43-13-8-18-48-43)15-16-42(38)47-45(39)40;/h3-22,24-26H,1-2H3;/q-3;+3. The first-order valence-corrected chi connectivity index (χ1v) is 18.1. The van der Waals surface area contributed by atoms with Gasteiger partial charge in [0.1, 0.15) is 0 Å². The van der Waals surface area contributed by atoms with Crippen LogP contribution in [0.3, 0.4) is 0 Å². The van der Waals surface area contributed by atoms with E-state index in [4.69, 9.17) is 4.98 Å². The molecule has 0 spiro atoms. The number of aryl methyl sites for hydroxylation is 2. The molecule has 5 aromatic carbocycles. The predicted octanol–water partition coefficient (Wildman–Crippen LogP) is 12.7. The Hall–Kier alpha value is -4.81. The first kappa shape index (κ1) is 32.4. The number of fused-ring (bicyclic) bond motifs is 3. The van der Waals surface area contributed by atoms with Gasteiger partial charge in [0.25, 0.3) is 0 Å². The van der Waals surface area contributed by atoms with E-state index in [1.807, 2.05) is 24.4 Å². The Morgan fingerprint density at radius 2 is 1.28 bits per heavy atom. The molecule has 0 atom stereocenters. The van der Waals surface area contributed by atoms with Crippen LogP contribution in [0.1, 0.15) is 11.1 Å². The Labute approximate surface area is 315 Å². The van der Waals surface area contributed by atoms with Gasteiger partial charge in [0.15, 0.2) is 0 Å². The molecule has 0 aliphatic heterocycles. The molecule has 0 fully saturated rings. The molecular weight excluding hydrogens is 830 g/mol. The van der Waals surface area contributed by atoms with Crippen molar-refractivity contribution >= 4 is 44.5 Å². The molecule has 0 aliphatic rings. The van der Waals surface area contributed by atoms with Crippen LogP contribution in [0.15, 0.2) is 138 Å². The van der Waals surface area contributed by atoms with Crippen molar-refractivity contribution in [2.24, 2.45) is 0 Å². The molecule has 0 amide bonds. The topological polar surface area (TPSA) is 27.0 Å². The SMILES string of the molecule is Cc1cc(C)c(-c2cc(-c3cccs3)cc3c2[n-]c2ccc(-c4cccs4)cc23)[c-]c1-c1[c-]c(-c2ccccn2)cc(-c2ccccc2)c1.[Au+3]. The van der Waals surface area contributed by atoms with Crippen LogP contribution < -0.4 is 4.98 Å². The fourth-order valence-electron chi connectivity index (χ4n) is 6.81. The minimum atomic E-state index is 0. The maximum atomic E-state index is 5.28. The summed E-state index contributed by atoms with van der Waals surface area (Å²) >= 11 is 3.53. The largest absolute Gasteiger partial charge is 3.00 e. The van der Waals surface area contributed by atoms with Gasteiger partial charge in [-0.25, -0.2) is 0 Å². The molecule has 5 heteroatoms. The molecule has 9 aromatic rings. The third-order valence-electron chi connectivity index (χ3n) is 9.17. The molecule has 0 saturated heterocycles. The Morgan fingerprint density at radius 3 is 2.02 bits per heavy atom. The minimum absolute atomic E-state index is 0. The molecule has 4 heterocycles. The molecule has 0 aliphatic carbocycles. The number of pyridine rings is 1. The van der Waals surface area contributed by atoms with Crippen LogP contribution in [0.25, 0.3) is 87.3 Å². The van der Waals surface area contributed by atoms with Gasteiger partial charge >= 0.3 is 22.4 Å². The maximum Gasteiger partial charge on any atom is 3.00 e. The van der Waals surface area contributed by atoms with Crippen LogP contribution in [-0.2, 0) is 22.4 Å². The summed E-state index contributed by atoms with van der Waals surface area (Å²) in [4.78, 5) is 12.5. The summed E-state index contributed by atoms with van der Waals surface area (Å²) in [6.07, 6.45) is 1.84. The number of rotatable bonds is 6. The second kappa shape index (κ2) is 13.5. The Balaban J connectivity index is 0.00000361. The van der Waals surface area contributed by atoms with E-state index in [9.17, 15) is 0 Å². The Kier molecular flexibility index (Phi) is 8.74. The summed E-state index contributed by atoms with van der Waals surface area (Å²) in [6, 6.07) is 50.8. The Morgan fingerprint density at radius 1 is 0.560 bits per heavy atom. The van der Waals surface area contributed by atoms with Crippen LogP contribution in [-0.4, -0.2) is 4.98 Å². The smallest absolute Gasteiger partial charge is 0.663 e. The van der Waals surface area contributed by atoms with Crippen molar-refractivity contribution in [2.75, 3.05) is 0 Å². The van der Waals surface area contributed by atoms with Crippen molar-refractivity contribution in [2.45, 2.75) is 13.8 Å². The van der Waals surface area contributed by atoms with Crippen molar-refractivity contribution in [1.29, 1.82) is 0 Å². The number of hydrogen-bond acceptors (Lipinski definition) is 3. The van der Waals surface area contributed by atoms with E-state index in [1.165, 1.54) is 37.2 Å². The van der Waals surface area contributed by atoms with Crippen LogP contribution in [0.5, 0.6) is 0 Å². The first-order chi connectivity index (χ1) is 24.1. The number of aromatic nitrogens is 2. The zero-order valence-corrected chi connectivity index (χ0v) is 31.1. The van der Waals surface area contributed by atoms with E-state index in [0.717, 1.165) is 61.2 Å². The second-order valence-corrected chi connectivity index (χ2v) is 14.3. The van der Waals surface area contributed by atoms with Crippen LogP contribution in [0.4, 0.5) is 0 Å². The number of thiophene rings is 2. The van der Waals surface area contributed by atoms with Crippen molar-refractivity contribution < 1.29 is 22.4 Å². The van der Waals surface area contributed by atoms with Gasteiger partial charge in [-0.05, 0) is 68.6 Å². The second-order valence-electron chi connectivity index (χ2n) is 12.4. The van der Waals surface area contributed by atoms with E-state index in [-0.39, 0.29) is 22.4 Å². The molecule has 0 unspecified atom stereocenters. The van der Waals surface area contributed by atoms with E-state index in [0.29, 0.717) is 0 Å². The molecule has 2 nitrogen and oxygen atoms in total. The molecule has 0 bridgehead atoms. The van der Waals surface area contributed by atoms with Crippen molar-refractivity contribution in [3.8, 4) is 65.5 Å². The van der Waals surface area contributed by atoms with Gasteiger partial charge in [0, 0.05) is 21.6 Å². The molecule has 9 rings (SSSR count). The van der Waals surface area contributed by atoms with Crippen LogP contribution >= 0.6 is 22.7 Å². The summed E-state index contributed by atoms with van der Waals surface area (Å²) in [5.41, 5.74) is 15.1. The van der Waals surface area contributed by atoms with Gasteiger partial charge in [-0.15, -0.1) is 62.6 Å². The fourth-order valence-corrected chi connectivity index (χ4v) is 8.25. The number of hydrogen-bond donors (Lipinski definition) is 0. The van der Waals surface area contributed by atoms with Crippen molar-refractivity contribution in [3.63, 3.8) is 0 Å². The van der Waals surface area contributed by atoms with Gasteiger partial charge in [-0.2, -0.15) is 34.8 Å². The normalized spacial score (nSPS) is 11.2. The van der Waals surface area contributed by atoms with Crippen molar-refractivity contribution in [3.05, 3.63) is 162 Å². The average molecular weight is 859 g/mol. The van der Waals surface area contributed by atoms with Gasteiger partial charge in [0.05, 0.1) is 0 Å². The summed E-state index contributed by atoms with van der Waals surface area (Å²) in [7, 11) is 0. The zero-order chi connectivity index (χ0) is 32.9. The summed E-state index contributed by atoms with van der Waals surface area (Å²) < 4.78 is 0. The third kappa shape index (κ3) is 5.90. The number of nitrogens with zero attached hydrogens (tertiary/aromatic N) is 2. The van der Waals surface area contributed by atoms with E-state index >= 15 is 0 Å². The maximum absolute atomic E-state index is 5.28. The van der Waals surface area contributed by atoms with E-state index in [1.54, 1.807) is 22.7 Å². The fraction of sp³-hybridized carbons (Fsp3) is 0.0444. The molecule has 0 N–H and O–H groups in total. The monoisotopic (exact) mass is 858 g/mol. The van der Waals surface area contributed by atoms with Crippen molar-refractivity contribution in [1.82, 2.24) is 9.97 Å². The summed E-state index contributed by atoms with van der Waals surface area (Å²) in [5, 5.41) is 6.62. The zero-order valence-electron chi connectivity index (χ0n) is 27.3. The van der Waals surface area contributed by atoms with Crippen LogP contribution in [0.2, 0.25) is 0 Å². The van der Waals surface area contributed by atoms with Gasteiger partial charge < -0.3 is 4.98 Å². The third-order valence-corrected chi connectivity index (χ3v) is 11.0. The average Bonchev–Trinajstić information content (AvgIpc) is 3.94. The van der Waals surface area contributed by atoms with Crippen LogP contribution in [0, 0.1) is 26.0 Å². The molecule has 0 radical (unpaired) electrons. The van der Waals surface area contributed by atoms with E-state index < -0.39 is 0 Å². The molecule has 0 saturated carbocycles. The summed E-state index contributed by atoms with van der Waals surface area (Å²) in [5.74, 6) is 0.